The molecule has 0 spiro atoms. The zero-order valence-electron chi connectivity index (χ0n) is 45.5. The number of carbonyl (C=O) groups is 6. The summed E-state index contributed by atoms with van der Waals surface area (Å²) >= 11 is 1.32. The third kappa shape index (κ3) is 12.7. The van der Waals surface area contributed by atoms with Gasteiger partial charge in [0.2, 0.25) is 29.4 Å². The van der Waals surface area contributed by atoms with Gasteiger partial charge >= 0.3 is 0 Å². The first-order valence-corrected chi connectivity index (χ1v) is 29.1. The molecule has 4 amide bonds. The van der Waals surface area contributed by atoms with Gasteiger partial charge in [0.05, 0.1) is 29.9 Å². The van der Waals surface area contributed by atoms with Gasteiger partial charge in [-0.15, -0.1) is 11.3 Å². The molecule has 4 fully saturated rings. The van der Waals surface area contributed by atoms with Crippen LogP contribution >= 0.6 is 11.3 Å². The topological polar surface area (TPSA) is 201 Å². The van der Waals surface area contributed by atoms with E-state index < -0.39 is 17.9 Å². The lowest BCUT2D eigenvalue weighted by Gasteiger charge is -2.36. The maximum Gasteiger partial charge on any atom is 0.263 e. The van der Waals surface area contributed by atoms with Crippen LogP contribution in [0.3, 0.4) is 0 Å². The van der Waals surface area contributed by atoms with E-state index in [1.54, 1.807) is 41.9 Å². The molecule has 9 rings (SSSR count). The minimum Gasteiger partial charge on any atom is -0.367 e. The summed E-state index contributed by atoms with van der Waals surface area (Å²) in [6.45, 7) is 8.01. The summed E-state index contributed by atoms with van der Waals surface area (Å²) in [5, 5.41) is 6.15. The molecule has 414 valence electrons. The molecule has 0 radical (unpaired) electrons. The largest absolute Gasteiger partial charge is 0.367 e. The molecule has 4 aliphatic rings. The molecule has 17 nitrogen and oxygen atoms in total. The van der Waals surface area contributed by atoms with Gasteiger partial charge in [0.25, 0.3) is 5.56 Å². The number of likely N-dealkylation sites (tertiary alicyclic amines) is 1. The number of ketones is 2. The highest BCUT2D eigenvalue weighted by Crippen LogP contribution is 2.37. The standard InChI is InChI=1S/C59H73FN10O7S/c1-37-46-35-62-49(64-55(46)70(44-17-12-13-18-44)58(76)52(37)39(3)71)33-43-26-27-45(34-61-43)67-29-31-68(32-30-67)51(73)21-11-6-5-10-20-50(72)66(4)38(2)56(75)65-53(40-15-8-7-9-16-40)59(77)69-28-14-19-48(69)57-63-47(36-78-57)54(74)41-22-24-42(60)25-23-41/h22-27,34-36,38,40,44,48,53H,5-21,28-33H2,1-4H3,(H,65,75)/t38-,48-,53-/m0/s1. The highest BCUT2D eigenvalue weighted by Gasteiger charge is 2.41. The zero-order valence-corrected chi connectivity index (χ0v) is 46.3. The van der Waals surface area contributed by atoms with Crippen LogP contribution in [-0.4, -0.2) is 126 Å². The summed E-state index contributed by atoms with van der Waals surface area (Å²) in [5.74, 6) is -1.04. The summed E-state index contributed by atoms with van der Waals surface area (Å²) in [5.41, 5.74) is 3.48. The van der Waals surface area contributed by atoms with Crippen molar-refractivity contribution >= 4 is 63.3 Å². The Bertz CT molecular complexity index is 3050. The summed E-state index contributed by atoms with van der Waals surface area (Å²) in [6, 6.07) is 7.47. The van der Waals surface area contributed by atoms with Crippen molar-refractivity contribution < 1.29 is 33.2 Å². The number of Topliss-reactive ketones (excluding diaryl/α,β-unsaturated/α-hetero) is 1. The number of carbonyl (C=O) groups excluding carboxylic acids is 6. The molecule has 2 saturated carbocycles. The second kappa shape index (κ2) is 25.4. The molecule has 6 heterocycles. The highest BCUT2D eigenvalue weighted by atomic mass is 32.1. The Labute approximate surface area is 459 Å². The van der Waals surface area contributed by atoms with E-state index in [0.717, 1.165) is 100 Å². The first kappa shape index (κ1) is 56.0. The SMILES string of the molecule is CC(=O)c1c(C)c2cnc(Cc3ccc(N4CCN(C(=O)CCCCCCC(=O)N(C)[C@@H](C)C(=O)N[C@H](C(=O)N5CCC[C@H]5c5nc(C(=O)c6ccc(F)cc6)cs5)C5CCCCC5)CC4)cn3)nc2n(C2CCCC2)c1=O. The van der Waals surface area contributed by atoms with Crippen molar-refractivity contribution in [1.29, 1.82) is 0 Å². The van der Waals surface area contributed by atoms with Crippen LogP contribution in [0.25, 0.3) is 11.0 Å². The predicted molar refractivity (Wildman–Crippen MR) is 296 cm³/mol. The van der Waals surface area contributed by atoms with Crippen LogP contribution < -0.4 is 15.8 Å². The van der Waals surface area contributed by atoms with Crippen molar-refractivity contribution in [3.63, 3.8) is 0 Å². The lowest BCUT2D eigenvalue weighted by Crippen LogP contribution is -2.56. The summed E-state index contributed by atoms with van der Waals surface area (Å²) < 4.78 is 15.3. The molecule has 1 N–H and O–H groups in total. The number of aromatic nitrogens is 5. The molecule has 2 aliphatic carbocycles. The second-order valence-corrected chi connectivity index (χ2v) is 22.7. The van der Waals surface area contributed by atoms with Crippen LogP contribution in [0.5, 0.6) is 0 Å². The van der Waals surface area contributed by atoms with E-state index in [1.807, 2.05) is 23.2 Å². The van der Waals surface area contributed by atoms with Gasteiger partial charge in [-0.05, 0) is 120 Å². The molecule has 2 aliphatic heterocycles. The summed E-state index contributed by atoms with van der Waals surface area (Å²) in [4.78, 5) is 121. The van der Waals surface area contributed by atoms with Crippen LogP contribution in [0.4, 0.5) is 10.1 Å². The number of aryl methyl sites for hydroxylation is 1. The van der Waals surface area contributed by atoms with Gasteiger partial charge in [-0.3, -0.25) is 43.1 Å². The van der Waals surface area contributed by atoms with E-state index in [9.17, 15) is 38.0 Å². The fraction of sp³-hybridized carbons (Fsp3) is 0.542. The smallest absolute Gasteiger partial charge is 0.263 e. The van der Waals surface area contributed by atoms with E-state index in [-0.39, 0.29) is 76.4 Å². The molecule has 0 unspecified atom stereocenters. The number of anilines is 1. The normalized spacial score (nSPS) is 18.1. The number of rotatable bonds is 20. The molecule has 5 aromatic rings. The van der Waals surface area contributed by atoms with Gasteiger partial charge in [0, 0.05) is 86.9 Å². The molecule has 19 heteroatoms. The molecule has 4 aromatic heterocycles. The van der Waals surface area contributed by atoms with E-state index >= 15 is 0 Å². The zero-order chi connectivity index (χ0) is 55.0. The van der Waals surface area contributed by atoms with Gasteiger partial charge in [-0.25, -0.2) is 19.3 Å². The number of fused-ring (bicyclic) bond motifs is 1. The van der Waals surface area contributed by atoms with Gasteiger partial charge < -0.3 is 24.9 Å². The van der Waals surface area contributed by atoms with Gasteiger partial charge in [-0.1, -0.05) is 44.9 Å². The average Bonchev–Trinajstić information content (AvgIpc) is 4.41. The van der Waals surface area contributed by atoms with E-state index in [2.05, 4.69) is 20.2 Å². The molecule has 2 saturated heterocycles. The minimum absolute atomic E-state index is 0.00718. The Morgan fingerprint density at radius 1 is 0.808 bits per heavy atom. The number of nitrogens with one attached hydrogen (secondary N) is 1. The number of amides is 4. The van der Waals surface area contributed by atoms with Crippen LogP contribution in [0, 0.1) is 18.7 Å². The van der Waals surface area contributed by atoms with Crippen molar-refractivity contribution in [2.24, 2.45) is 5.92 Å². The quantitative estimate of drug-likeness (QED) is 0.0577. The maximum atomic E-state index is 14.5. The number of nitrogens with zero attached hydrogens (tertiary/aromatic N) is 9. The van der Waals surface area contributed by atoms with Crippen molar-refractivity contribution in [2.45, 2.75) is 161 Å². The van der Waals surface area contributed by atoms with Crippen molar-refractivity contribution in [1.82, 2.24) is 44.5 Å². The Hall–Kier alpha value is -6.76. The lowest BCUT2D eigenvalue weighted by molar-refractivity contribution is -0.142. The number of benzene rings is 1. The number of halogens is 1. The van der Waals surface area contributed by atoms with Crippen molar-refractivity contribution in [3.8, 4) is 0 Å². The Morgan fingerprint density at radius 2 is 1.51 bits per heavy atom. The number of likely N-dealkylation sites (N-methyl/N-ethyl adjacent to an activating group) is 1. The Morgan fingerprint density at radius 3 is 2.21 bits per heavy atom. The van der Waals surface area contributed by atoms with Crippen LogP contribution in [-0.2, 0) is 25.6 Å². The third-order valence-corrected chi connectivity index (χ3v) is 17.6. The molecule has 3 atom stereocenters. The number of thiazole rings is 1. The molecular formula is C59H73FN10O7S. The van der Waals surface area contributed by atoms with E-state index in [1.165, 1.54) is 47.4 Å². The maximum absolute atomic E-state index is 14.5. The molecule has 78 heavy (non-hydrogen) atoms. The Kier molecular flexibility index (Phi) is 18.2. The van der Waals surface area contributed by atoms with Crippen molar-refractivity contribution in [3.05, 3.63) is 109 Å². The third-order valence-electron chi connectivity index (χ3n) is 16.7. The Balaban J connectivity index is 0.696. The van der Waals surface area contributed by atoms with Crippen LogP contribution in [0.1, 0.15) is 184 Å². The monoisotopic (exact) mass is 1080 g/mol. The first-order valence-electron chi connectivity index (χ1n) is 28.2. The van der Waals surface area contributed by atoms with Crippen LogP contribution in [0.2, 0.25) is 0 Å². The van der Waals surface area contributed by atoms with Crippen molar-refractivity contribution in [2.75, 3.05) is 44.7 Å². The number of piperazine rings is 1. The van der Waals surface area contributed by atoms with Gasteiger partial charge in [0.15, 0.2) is 5.78 Å². The fourth-order valence-corrected chi connectivity index (χ4v) is 12.9. The highest BCUT2D eigenvalue weighted by molar-refractivity contribution is 7.10. The summed E-state index contributed by atoms with van der Waals surface area (Å²) in [7, 11) is 1.63. The fourth-order valence-electron chi connectivity index (χ4n) is 12.0. The van der Waals surface area contributed by atoms with Gasteiger partial charge in [-0.2, -0.15) is 0 Å². The molecular weight excluding hydrogens is 1010 g/mol. The van der Waals surface area contributed by atoms with E-state index in [4.69, 9.17) is 9.97 Å². The number of pyridine rings is 2. The predicted octanol–water partition coefficient (Wildman–Crippen LogP) is 8.49. The number of hydrogen-bond donors (Lipinski definition) is 1. The first-order chi connectivity index (χ1) is 37.7. The number of hydrogen-bond acceptors (Lipinski definition) is 13. The molecule has 0 bridgehead atoms. The van der Waals surface area contributed by atoms with Gasteiger partial charge in [0.1, 0.15) is 40.1 Å². The average molecular weight is 1090 g/mol. The summed E-state index contributed by atoms with van der Waals surface area (Å²) in [6.07, 6.45) is 17.5. The minimum atomic E-state index is -0.797. The lowest BCUT2D eigenvalue weighted by atomic mass is 9.83. The number of unbranched alkanes of at least 4 members (excludes halogenated alkanes) is 3. The van der Waals surface area contributed by atoms with E-state index in [0.29, 0.717) is 86.0 Å². The second-order valence-electron chi connectivity index (χ2n) is 21.8. The molecule has 1 aromatic carbocycles. The van der Waals surface area contributed by atoms with Crippen LogP contribution in [0.15, 0.2) is 59.0 Å².